The summed E-state index contributed by atoms with van der Waals surface area (Å²) in [5, 5.41) is 10.5. The zero-order valence-electron chi connectivity index (χ0n) is 13.6. The first-order valence-electron chi connectivity index (χ1n) is 7.48. The molecule has 2 amide bonds. The molecule has 0 saturated carbocycles. The number of nitrogens with zero attached hydrogens (tertiary/aromatic N) is 3. The standard InChI is InChI=1S/C17H15ClN4O3/c1-10(23)19-12-4-5-14(18)13(8-12)17(24)22(2)9-11-3-6-15-16(7-11)21-25-20-15/h3-8H,9H2,1-2H3,(H,19,23). The highest BCUT2D eigenvalue weighted by Crippen LogP contribution is 2.23. The Hall–Kier alpha value is -2.93. The Balaban J connectivity index is 1.80. The van der Waals surface area contributed by atoms with Crippen LogP contribution in [0.5, 0.6) is 0 Å². The van der Waals surface area contributed by atoms with Crippen molar-refractivity contribution in [2.45, 2.75) is 13.5 Å². The Morgan fingerprint density at radius 3 is 2.68 bits per heavy atom. The maximum atomic E-state index is 12.7. The molecule has 0 unspecified atom stereocenters. The van der Waals surface area contributed by atoms with Crippen molar-refractivity contribution in [2.24, 2.45) is 0 Å². The Morgan fingerprint density at radius 2 is 1.92 bits per heavy atom. The molecule has 0 bridgehead atoms. The minimum Gasteiger partial charge on any atom is -0.337 e. The van der Waals surface area contributed by atoms with Gasteiger partial charge in [0.05, 0.1) is 10.6 Å². The lowest BCUT2D eigenvalue weighted by atomic mass is 10.1. The number of aromatic nitrogens is 2. The smallest absolute Gasteiger partial charge is 0.255 e. The number of rotatable bonds is 4. The number of amides is 2. The number of benzene rings is 2. The molecule has 0 spiro atoms. The predicted molar refractivity (Wildman–Crippen MR) is 93.4 cm³/mol. The SMILES string of the molecule is CC(=O)Nc1ccc(Cl)c(C(=O)N(C)Cc2ccc3nonc3c2)c1. The van der Waals surface area contributed by atoms with E-state index in [4.69, 9.17) is 11.6 Å². The van der Waals surface area contributed by atoms with Crippen molar-refractivity contribution < 1.29 is 14.2 Å². The van der Waals surface area contributed by atoms with Gasteiger partial charge in [0.15, 0.2) is 0 Å². The van der Waals surface area contributed by atoms with E-state index in [1.165, 1.54) is 11.8 Å². The summed E-state index contributed by atoms with van der Waals surface area (Å²) < 4.78 is 4.67. The summed E-state index contributed by atoms with van der Waals surface area (Å²) in [5.41, 5.74) is 3.00. The molecule has 0 fully saturated rings. The molecule has 3 rings (SSSR count). The zero-order valence-corrected chi connectivity index (χ0v) is 14.4. The van der Waals surface area contributed by atoms with Crippen molar-refractivity contribution in [1.82, 2.24) is 15.2 Å². The molecular weight excluding hydrogens is 344 g/mol. The highest BCUT2D eigenvalue weighted by Gasteiger charge is 2.17. The van der Waals surface area contributed by atoms with Crippen LogP contribution in [0.15, 0.2) is 41.0 Å². The van der Waals surface area contributed by atoms with Gasteiger partial charge < -0.3 is 10.2 Å². The van der Waals surface area contributed by atoms with Crippen molar-refractivity contribution in [1.29, 1.82) is 0 Å². The number of fused-ring (bicyclic) bond motifs is 1. The van der Waals surface area contributed by atoms with E-state index >= 15 is 0 Å². The van der Waals surface area contributed by atoms with Crippen LogP contribution in [0.4, 0.5) is 5.69 Å². The van der Waals surface area contributed by atoms with Gasteiger partial charge in [-0.3, -0.25) is 9.59 Å². The number of carbonyl (C=O) groups is 2. The van der Waals surface area contributed by atoms with E-state index in [0.29, 0.717) is 33.9 Å². The van der Waals surface area contributed by atoms with Crippen molar-refractivity contribution in [3.05, 3.63) is 52.5 Å². The first-order chi connectivity index (χ1) is 11.9. The van der Waals surface area contributed by atoms with Gasteiger partial charge in [0.2, 0.25) is 5.91 Å². The lowest BCUT2D eigenvalue weighted by Crippen LogP contribution is -2.26. The maximum absolute atomic E-state index is 12.7. The van der Waals surface area contributed by atoms with Crippen LogP contribution in [0, 0.1) is 0 Å². The van der Waals surface area contributed by atoms with Crippen molar-refractivity contribution in [3.8, 4) is 0 Å². The number of halogens is 1. The summed E-state index contributed by atoms with van der Waals surface area (Å²) in [5.74, 6) is -0.473. The Bertz CT molecular complexity index is 954. The van der Waals surface area contributed by atoms with E-state index in [9.17, 15) is 9.59 Å². The van der Waals surface area contributed by atoms with Gasteiger partial charge in [-0.25, -0.2) is 4.63 Å². The highest BCUT2D eigenvalue weighted by atomic mass is 35.5. The summed E-state index contributed by atoms with van der Waals surface area (Å²) in [7, 11) is 1.68. The van der Waals surface area contributed by atoms with Crippen LogP contribution in [0.3, 0.4) is 0 Å². The fraction of sp³-hybridized carbons (Fsp3) is 0.176. The molecule has 0 aliphatic carbocycles. The molecule has 1 aromatic heterocycles. The molecule has 7 nitrogen and oxygen atoms in total. The summed E-state index contributed by atoms with van der Waals surface area (Å²) in [6, 6.07) is 10.2. The van der Waals surface area contributed by atoms with E-state index in [1.807, 2.05) is 12.1 Å². The number of hydrogen-bond acceptors (Lipinski definition) is 5. The van der Waals surface area contributed by atoms with Gasteiger partial charge in [-0.1, -0.05) is 17.7 Å². The quantitative estimate of drug-likeness (QED) is 0.774. The normalized spacial score (nSPS) is 10.7. The largest absolute Gasteiger partial charge is 0.337 e. The lowest BCUT2D eigenvalue weighted by molar-refractivity contribution is -0.114. The molecule has 1 heterocycles. The van der Waals surface area contributed by atoms with Gasteiger partial charge in [0.1, 0.15) is 11.0 Å². The van der Waals surface area contributed by atoms with E-state index in [1.54, 1.807) is 31.3 Å². The Morgan fingerprint density at radius 1 is 1.16 bits per heavy atom. The van der Waals surface area contributed by atoms with Gasteiger partial charge in [0, 0.05) is 26.2 Å². The van der Waals surface area contributed by atoms with Crippen molar-refractivity contribution in [2.75, 3.05) is 12.4 Å². The third kappa shape index (κ3) is 3.77. The average Bonchev–Trinajstić information content (AvgIpc) is 3.03. The van der Waals surface area contributed by atoms with Crippen LogP contribution in [0.2, 0.25) is 5.02 Å². The number of anilines is 1. The Labute approximate surface area is 148 Å². The third-order valence-corrected chi connectivity index (χ3v) is 3.93. The molecule has 3 aromatic rings. The monoisotopic (exact) mass is 358 g/mol. The maximum Gasteiger partial charge on any atom is 0.255 e. The second kappa shape index (κ2) is 6.90. The van der Waals surface area contributed by atoms with Crippen molar-refractivity contribution >= 4 is 40.1 Å². The molecule has 8 heteroatoms. The van der Waals surface area contributed by atoms with Crippen LogP contribution >= 0.6 is 11.6 Å². The molecule has 0 atom stereocenters. The molecule has 25 heavy (non-hydrogen) atoms. The predicted octanol–water partition coefficient (Wildman–Crippen LogP) is 3.11. The van der Waals surface area contributed by atoms with E-state index < -0.39 is 0 Å². The fourth-order valence-electron chi connectivity index (χ4n) is 2.45. The fourth-order valence-corrected chi connectivity index (χ4v) is 2.65. The summed E-state index contributed by atoms with van der Waals surface area (Å²) in [4.78, 5) is 25.4. The zero-order chi connectivity index (χ0) is 18.0. The molecule has 0 aliphatic rings. The minimum atomic E-state index is -0.254. The van der Waals surface area contributed by atoms with Crippen molar-refractivity contribution in [3.63, 3.8) is 0 Å². The van der Waals surface area contributed by atoms with Crippen LogP contribution in [-0.2, 0) is 11.3 Å². The lowest BCUT2D eigenvalue weighted by Gasteiger charge is -2.18. The highest BCUT2D eigenvalue weighted by molar-refractivity contribution is 6.34. The first kappa shape index (κ1) is 16.9. The Kier molecular flexibility index (Phi) is 4.67. The number of carbonyl (C=O) groups excluding carboxylic acids is 2. The van der Waals surface area contributed by atoms with E-state index in [2.05, 4.69) is 20.3 Å². The van der Waals surface area contributed by atoms with E-state index in [-0.39, 0.29) is 11.8 Å². The molecule has 128 valence electrons. The van der Waals surface area contributed by atoms with Gasteiger partial charge in [-0.05, 0) is 46.2 Å². The molecule has 0 saturated heterocycles. The van der Waals surface area contributed by atoms with Crippen LogP contribution in [-0.4, -0.2) is 34.1 Å². The third-order valence-electron chi connectivity index (χ3n) is 3.60. The number of hydrogen-bond donors (Lipinski definition) is 1. The second-order valence-corrected chi connectivity index (χ2v) is 6.03. The minimum absolute atomic E-state index is 0.219. The van der Waals surface area contributed by atoms with E-state index in [0.717, 1.165) is 5.56 Å². The molecule has 2 aromatic carbocycles. The van der Waals surface area contributed by atoms with Gasteiger partial charge >= 0.3 is 0 Å². The molecule has 0 radical (unpaired) electrons. The first-order valence-corrected chi connectivity index (χ1v) is 7.85. The van der Waals surface area contributed by atoms with Crippen LogP contribution in [0.1, 0.15) is 22.8 Å². The summed E-state index contributed by atoms with van der Waals surface area (Å²) in [6.45, 7) is 1.76. The molecule has 0 aliphatic heterocycles. The van der Waals surface area contributed by atoms with Crippen LogP contribution < -0.4 is 5.32 Å². The molecular formula is C17H15ClN4O3. The molecule has 1 N–H and O–H groups in total. The average molecular weight is 359 g/mol. The summed E-state index contributed by atoms with van der Waals surface area (Å²) >= 11 is 6.15. The number of nitrogens with one attached hydrogen (secondary N) is 1. The second-order valence-electron chi connectivity index (χ2n) is 5.62. The van der Waals surface area contributed by atoms with Crippen LogP contribution in [0.25, 0.3) is 11.0 Å². The van der Waals surface area contributed by atoms with Gasteiger partial charge in [-0.15, -0.1) is 0 Å². The van der Waals surface area contributed by atoms with Gasteiger partial charge in [0.25, 0.3) is 5.91 Å². The summed E-state index contributed by atoms with van der Waals surface area (Å²) in [6.07, 6.45) is 0. The van der Waals surface area contributed by atoms with Gasteiger partial charge in [-0.2, -0.15) is 0 Å². The topological polar surface area (TPSA) is 88.3 Å².